The molecule has 2 fully saturated rings. The fourth-order valence-corrected chi connectivity index (χ4v) is 3.68. The lowest BCUT2D eigenvalue weighted by molar-refractivity contribution is -0.204. The Bertz CT molecular complexity index is 884. The van der Waals surface area contributed by atoms with Gasteiger partial charge in [-0.2, -0.15) is 10.4 Å². The van der Waals surface area contributed by atoms with Gasteiger partial charge in [-0.1, -0.05) is 0 Å². The standard InChI is InChI=1S/C19H26N6O4/c1-18(2)28-15-13(9-26)27-19(10-20,16(15)29-18)14-8-7-12(25(14)22-4)17(21-3)23-11-24(5)6/h7-8,11,13,15-16,26H,4,9H2,1-3,5-6H3/t13-,15-,16-,19+/m1/s1. The van der Waals surface area contributed by atoms with Crippen molar-refractivity contribution in [3.05, 3.63) is 23.5 Å². The largest absolute Gasteiger partial charge is 0.394 e. The van der Waals surface area contributed by atoms with Gasteiger partial charge in [-0.3, -0.25) is 4.99 Å². The molecule has 0 radical (unpaired) electrons. The second kappa shape index (κ2) is 7.68. The summed E-state index contributed by atoms with van der Waals surface area (Å²) < 4.78 is 19.4. The van der Waals surface area contributed by atoms with Crippen LogP contribution >= 0.6 is 0 Å². The number of nitrogens with zero attached hydrogens (tertiary/aromatic N) is 6. The van der Waals surface area contributed by atoms with E-state index in [0.29, 0.717) is 17.2 Å². The normalized spacial score (nSPS) is 31.1. The molecule has 1 aromatic heterocycles. The van der Waals surface area contributed by atoms with Crippen molar-refractivity contribution in [3.8, 4) is 6.07 Å². The van der Waals surface area contributed by atoms with Crippen molar-refractivity contribution < 1.29 is 19.3 Å². The zero-order chi connectivity index (χ0) is 21.4. The van der Waals surface area contributed by atoms with E-state index in [-0.39, 0.29) is 6.61 Å². The lowest BCUT2D eigenvalue weighted by Gasteiger charge is -2.29. The maximum Gasteiger partial charge on any atom is 0.226 e. The summed E-state index contributed by atoms with van der Waals surface area (Å²) in [6.07, 6.45) is -0.459. The average molecular weight is 402 g/mol. The molecule has 29 heavy (non-hydrogen) atoms. The van der Waals surface area contributed by atoms with Crippen LogP contribution in [0.5, 0.6) is 0 Å². The van der Waals surface area contributed by atoms with Gasteiger partial charge in [0.05, 0.1) is 18.6 Å². The number of rotatable bonds is 5. The molecule has 2 saturated heterocycles. The molecule has 4 atom stereocenters. The van der Waals surface area contributed by atoms with Gasteiger partial charge in [0.2, 0.25) is 5.60 Å². The third kappa shape index (κ3) is 3.47. The molecule has 2 aliphatic heterocycles. The number of nitriles is 1. The van der Waals surface area contributed by atoms with Gasteiger partial charge < -0.3 is 24.2 Å². The van der Waals surface area contributed by atoms with Gasteiger partial charge >= 0.3 is 0 Å². The molecule has 1 aromatic rings. The predicted octanol–water partition coefficient (Wildman–Crippen LogP) is 0.548. The Morgan fingerprint density at radius 3 is 2.66 bits per heavy atom. The Hall–Kier alpha value is -2.58. The number of hydrogen-bond donors (Lipinski definition) is 1. The zero-order valence-corrected chi connectivity index (χ0v) is 17.2. The van der Waals surface area contributed by atoms with Crippen LogP contribution in [-0.2, 0) is 19.8 Å². The number of aliphatic hydroxyl groups excluding tert-OH is 1. The van der Waals surface area contributed by atoms with E-state index >= 15 is 0 Å². The topological polar surface area (TPSA) is 117 Å². The minimum absolute atomic E-state index is 0.312. The van der Waals surface area contributed by atoms with Gasteiger partial charge in [-0.25, -0.2) is 9.67 Å². The molecular formula is C19H26N6O4. The second-order valence-electron chi connectivity index (χ2n) is 7.52. The lowest BCUT2D eigenvalue weighted by atomic mass is 9.92. The van der Waals surface area contributed by atoms with E-state index in [4.69, 9.17) is 14.2 Å². The highest BCUT2D eigenvalue weighted by Crippen LogP contribution is 2.49. The Morgan fingerprint density at radius 2 is 2.10 bits per heavy atom. The number of aliphatic hydroxyl groups is 1. The molecule has 0 saturated carbocycles. The third-order valence-corrected chi connectivity index (χ3v) is 4.81. The van der Waals surface area contributed by atoms with Crippen LogP contribution in [0, 0.1) is 11.3 Å². The van der Waals surface area contributed by atoms with Crippen LogP contribution < -0.4 is 0 Å². The van der Waals surface area contributed by atoms with Gasteiger partial charge in [0.1, 0.15) is 30.1 Å². The summed E-state index contributed by atoms with van der Waals surface area (Å²) in [6.45, 7) is 6.84. The van der Waals surface area contributed by atoms with E-state index in [1.54, 1.807) is 44.3 Å². The molecule has 2 aliphatic rings. The van der Waals surface area contributed by atoms with Crippen molar-refractivity contribution in [1.82, 2.24) is 9.58 Å². The zero-order valence-electron chi connectivity index (χ0n) is 17.2. The summed E-state index contributed by atoms with van der Waals surface area (Å²) >= 11 is 0. The van der Waals surface area contributed by atoms with Crippen LogP contribution in [0.4, 0.5) is 0 Å². The second-order valence-corrected chi connectivity index (χ2v) is 7.52. The van der Waals surface area contributed by atoms with Gasteiger partial charge in [-0.05, 0) is 26.0 Å². The fraction of sp³-hybridized carbons (Fsp3) is 0.579. The van der Waals surface area contributed by atoms with E-state index in [1.807, 2.05) is 14.1 Å². The number of hydrogen-bond acceptors (Lipinski definition) is 7. The maximum atomic E-state index is 10.2. The SMILES string of the molecule is C=Nn1c(C(N=CN(C)C)=NC)ccc1[C@]1(C#N)O[C@H](CO)[C@H]2OC(C)(C)O[C@H]21. The van der Waals surface area contributed by atoms with Crippen molar-refractivity contribution in [2.75, 3.05) is 27.7 Å². The van der Waals surface area contributed by atoms with Crippen LogP contribution in [0.25, 0.3) is 0 Å². The van der Waals surface area contributed by atoms with Crippen LogP contribution in [0.2, 0.25) is 0 Å². The minimum atomic E-state index is -1.55. The van der Waals surface area contributed by atoms with Crippen LogP contribution in [0.3, 0.4) is 0 Å². The molecule has 0 spiro atoms. The van der Waals surface area contributed by atoms with Crippen molar-refractivity contribution in [2.24, 2.45) is 15.1 Å². The molecule has 0 unspecified atom stereocenters. The van der Waals surface area contributed by atoms with Crippen molar-refractivity contribution in [2.45, 2.75) is 43.5 Å². The predicted molar refractivity (Wildman–Crippen MR) is 107 cm³/mol. The first-order valence-corrected chi connectivity index (χ1v) is 9.15. The van der Waals surface area contributed by atoms with Crippen molar-refractivity contribution in [3.63, 3.8) is 0 Å². The molecule has 10 heteroatoms. The van der Waals surface area contributed by atoms with Crippen LogP contribution in [0.1, 0.15) is 25.2 Å². The number of ether oxygens (including phenoxy) is 3. The Morgan fingerprint density at radius 1 is 1.38 bits per heavy atom. The molecule has 10 nitrogen and oxygen atoms in total. The van der Waals surface area contributed by atoms with E-state index in [9.17, 15) is 10.4 Å². The van der Waals surface area contributed by atoms with E-state index in [1.165, 1.54) is 4.68 Å². The molecule has 0 bridgehead atoms. The van der Waals surface area contributed by atoms with Gasteiger partial charge in [0, 0.05) is 27.9 Å². The first-order valence-electron chi connectivity index (χ1n) is 9.15. The van der Waals surface area contributed by atoms with E-state index in [0.717, 1.165) is 0 Å². The maximum absolute atomic E-state index is 10.2. The fourth-order valence-electron chi connectivity index (χ4n) is 3.68. The summed E-state index contributed by atoms with van der Waals surface area (Å²) in [4.78, 5) is 10.3. The van der Waals surface area contributed by atoms with Crippen molar-refractivity contribution in [1.29, 1.82) is 5.26 Å². The lowest BCUT2D eigenvalue weighted by Crippen LogP contribution is -2.41. The third-order valence-electron chi connectivity index (χ3n) is 4.81. The highest BCUT2D eigenvalue weighted by Gasteiger charge is 2.65. The summed E-state index contributed by atoms with van der Waals surface area (Å²) in [5, 5.41) is 24.0. The summed E-state index contributed by atoms with van der Waals surface area (Å²) in [6, 6.07) is 5.67. The number of aromatic nitrogens is 1. The molecule has 0 aliphatic carbocycles. The summed E-state index contributed by atoms with van der Waals surface area (Å²) in [5.74, 6) is -0.509. The first kappa shape index (κ1) is 21.1. The molecule has 0 amide bonds. The van der Waals surface area contributed by atoms with Gasteiger partial charge in [0.15, 0.2) is 11.6 Å². The molecule has 156 valence electrons. The average Bonchev–Trinajstić information content (AvgIpc) is 3.32. The number of fused-ring (bicyclic) bond motifs is 1. The minimum Gasteiger partial charge on any atom is -0.394 e. The van der Waals surface area contributed by atoms with Crippen LogP contribution in [0.15, 0.2) is 27.2 Å². The number of amidine groups is 1. The van der Waals surface area contributed by atoms with E-state index in [2.05, 4.69) is 27.9 Å². The molecule has 0 aromatic carbocycles. The Kier molecular flexibility index (Phi) is 5.60. The quantitative estimate of drug-likeness (QED) is 0.568. The smallest absolute Gasteiger partial charge is 0.226 e. The first-order chi connectivity index (χ1) is 13.7. The van der Waals surface area contributed by atoms with Gasteiger partial charge in [0.25, 0.3) is 0 Å². The van der Waals surface area contributed by atoms with Crippen LogP contribution in [-0.4, -0.2) is 85.4 Å². The highest BCUT2D eigenvalue weighted by molar-refractivity contribution is 6.01. The molecule has 3 heterocycles. The van der Waals surface area contributed by atoms with Crippen molar-refractivity contribution >= 4 is 18.9 Å². The highest BCUT2D eigenvalue weighted by atomic mass is 16.8. The van der Waals surface area contributed by atoms with E-state index < -0.39 is 29.7 Å². The molecule has 3 rings (SSSR count). The Balaban J connectivity index is 2.11. The molecular weight excluding hydrogens is 376 g/mol. The number of aliphatic imine (C=N–C) groups is 2. The summed E-state index contributed by atoms with van der Waals surface area (Å²) in [5.41, 5.74) is -0.607. The Labute approximate surface area is 169 Å². The summed E-state index contributed by atoms with van der Waals surface area (Å²) in [7, 11) is 5.31. The van der Waals surface area contributed by atoms with Gasteiger partial charge in [-0.15, -0.1) is 0 Å². The monoisotopic (exact) mass is 402 g/mol. The molecule has 1 N–H and O–H groups in total.